The monoisotopic (exact) mass is 798 g/mol. The molecule has 0 fully saturated rings. The SMILES string of the molecule is COC(=O)[C@@H](NC(=O)[C@@H](NCCCCCCc1ccccc1)C(CNC(=O)[C@H](C)NC(=O)[C@H](C)NC(=O)[C@@H](CO)NC(=O)OCc1ccccc1)C(=O)O)C(C)C. The number of carboxylic acids is 1. The van der Waals surface area contributed by atoms with E-state index in [0.29, 0.717) is 12.0 Å². The fourth-order valence-corrected chi connectivity index (χ4v) is 5.59. The van der Waals surface area contributed by atoms with Gasteiger partial charge in [-0.05, 0) is 56.7 Å². The lowest BCUT2D eigenvalue weighted by molar-refractivity contribution is -0.148. The van der Waals surface area contributed by atoms with Crippen LogP contribution in [0.25, 0.3) is 0 Å². The van der Waals surface area contributed by atoms with E-state index in [4.69, 9.17) is 9.47 Å². The zero-order chi connectivity index (χ0) is 42.3. The number of carboxylic acid groups (broad SMARTS) is 1. The predicted molar refractivity (Wildman–Crippen MR) is 209 cm³/mol. The molecule has 0 aromatic heterocycles. The number of amides is 5. The Morgan fingerprint density at radius 3 is 1.82 bits per heavy atom. The number of hydrogen-bond donors (Lipinski definition) is 8. The topological polar surface area (TPSA) is 251 Å². The first-order chi connectivity index (χ1) is 27.2. The molecule has 2 aromatic rings. The van der Waals surface area contributed by atoms with Gasteiger partial charge >= 0.3 is 18.0 Å². The van der Waals surface area contributed by atoms with Crippen molar-refractivity contribution < 1.29 is 53.2 Å². The van der Waals surface area contributed by atoms with Gasteiger partial charge in [0, 0.05) is 6.54 Å². The van der Waals surface area contributed by atoms with Crippen LogP contribution in [0, 0.1) is 11.8 Å². The van der Waals surface area contributed by atoms with Crippen molar-refractivity contribution in [1.29, 1.82) is 0 Å². The second-order valence-electron chi connectivity index (χ2n) is 13.9. The number of aryl methyl sites for hydroxylation is 1. The Balaban J connectivity index is 1.98. The maximum atomic E-state index is 13.6. The third kappa shape index (κ3) is 17.4. The molecule has 0 aliphatic rings. The lowest BCUT2D eigenvalue weighted by atomic mass is 9.96. The summed E-state index contributed by atoms with van der Waals surface area (Å²) in [6.07, 6.45) is 3.27. The number of unbranched alkanes of at least 4 members (excludes halogenated alkanes) is 3. The summed E-state index contributed by atoms with van der Waals surface area (Å²) in [5, 5.41) is 34.9. The van der Waals surface area contributed by atoms with E-state index in [2.05, 4.69) is 44.0 Å². The maximum Gasteiger partial charge on any atom is 0.408 e. The Bertz CT molecular complexity index is 1590. The normalized spacial score (nSPS) is 14.1. The van der Waals surface area contributed by atoms with E-state index in [1.807, 2.05) is 18.2 Å². The van der Waals surface area contributed by atoms with Crippen molar-refractivity contribution >= 4 is 41.7 Å². The van der Waals surface area contributed by atoms with Crippen LogP contribution in [0.3, 0.4) is 0 Å². The summed E-state index contributed by atoms with van der Waals surface area (Å²) >= 11 is 0. The van der Waals surface area contributed by atoms with Gasteiger partial charge < -0.3 is 51.6 Å². The van der Waals surface area contributed by atoms with Crippen LogP contribution in [0.1, 0.15) is 64.5 Å². The fraction of sp³-hybridized carbons (Fsp3) is 0.525. The van der Waals surface area contributed by atoms with Crippen molar-refractivity contribution in [3.8, 4) is 0 Å². The average Bonchev–Trinajstić information content (AvgIpc) is 3.19. The molecule has 6 atom stereocenters. The van der Waals surface area contributed by atoms with Crippen LogP contribution in [-0.4, -0.2) is 109 Å². The van der Waals surface area contributed by atoms with Crippen molar-refractivity contribution in [3.05, 3.63) is 71.8 Å². The van der Waals surface area contributed by atoms with Gasteiger partial charge in [-0.2, -0.15) is 0 Å². The zero-order valence-electron chi connectivity index (χ0n) is 33.2. The van der Waals surface area contributed by atoms with Crippen LogP contribution in [-0.2, 0) is 51.3 Å². The van der Waals surface area contributed by atoms with Gasteiger partial charge in [0.05, 0.1) is 19.6 Å². The molecule has 17 heteroatoms. The van der Waals surface area contributed by atoms with Crippen molar-refractivity contribution in [1.82, 2.24) is 31.9 Å². The summed E-state index contributed by atoms with van der Waals surface area (Å²) < 4.78 is 9.89. The second-order valence-corrected chi connectivity index (χ2v) is 13.9. The van der Waals surface area contributed by atoms with Gasteiger partial charge in [0.1, 0.15) is 36.8 Å². The van der Waals surface area contributed by atoms with Crippen LogP contribution in [0.4, 0.5) is 4.79 Å². The van der Waals surface area contributed by atoms with Gasteiger partial charge in [-0.3, -0.25) is 24.0 Å². The highest BCUT2D eigenvalue weighted by Gasteiger charge is 2.37. The van der Waals surface area contributed by atoms with Crippen LogP contribution >= 0.6 is 0 Å². The molecule has 0 radical (unpaired) electrons. The number of hydrogen-bond acceptors (Lipinski definition) is 11. The molecule has 0 bridgehead atoms. The average molecular weight is 799 g/mol. The number of carbonyl (C=O) groups is 7. The number of aliphatic hydroxyl groups excluding tert-OH is 1. The van der Waals surface area contributed by atoms with Crippen LogP contribution in [0.15, 0.2) is 60.7 Å². The number of ether oxygens (including phenoxy) is 2. The summed E-state index contributed by atoms with van der Waals surface area (Å²) in [4.78, 5) is 89.3. The second kappa shape index (κ2) is 25.6. The first-order valence-corrected chi connectivity index (χ1v) is 19.0. The van der Waals surface area contributed by atoms with E-state index in [1.165, 1.54) is 26.5 Å². The van der Waals surface area contributed by atoms with Gasteiger partial charge in [0.25, 0.3) is 0 Å². The van der Waals surface area contributed by atoms with Gasteiger partial charge in [-0.15, -0.1) is 0 Å². The summed E-state index contributed by atoms with van der Waals surface area (Å²) in [5.41, 5.74) is 1.94. The molecule has 314 valence electrons. The minimum absolute atomic E-state index is 0.0767. The number of rotatable bonds is 25. The number of aliphatic carboxylic acids is 1. The van der Waals surface area contributed by atoms with E-state index in [1.54, 1.807) is 44.2 Å². The molecule has 5 amide bonds. The van der Waals surface area contributed by atoms with Gasteiger partial charge in [-0.1, -0.05) is 87.4 Å². The largest absolute Gasteiger partial charge is 0.481 e. The molecule has 0 aliphatic heterocycles. The van der Waals surface area contributed by atoms with Crippen LogP contribution in [0.5, 0.6) is 0 Å². The lowest BCUT2D eigenvalue weighted by Gasteiger charge is -2.28. The highest BCUT2D eigenvalue weighted by Crippen LogP contribution is 2.11. The number of aliphatic hydroxyl groups is 1. The number of esters is 1. The van der Waals surface area contributed by atoms with E-state index in [9.17, 15) is 43.8 Å². The smallest absolute Gasteiger partial charge is 0.408 e. The summed E-state index contributed by atoms with van der Waals surface area (Å²) in [6.45, 7) is 4.94. The first-order valence-electron chi connectivity index (χ1n) is 19.0. The molecule has 0 saturated heterocycles. The Labute approximate surface area is 333 Å². The molecule has 1 unspecified atom stereocenters. The van der Waals surface area contributed by atoms with Crippen molar-refractivity contribution in [3.63, 3.8) is 0 Å². The molecule has 0 aliphatic carbocycles. The molecule has 0 heterocycles. The molecule has 0 spiro atoms. The van der Waals surface area contributed by atoms with Gasteiger partial charge in [0.15, 0.2) is 0 Å². The molecule has 57 heavy (non-hydrogen) atoms. The Morgan fingerprint density at radius 2 is 1.25 bits per heavy atom. The number of methoxy groups -OCH3 is 1. The minimum atomic E-state index is -1.49. The number of carbonyl (C=O) groups excluding carboxylic acids is 6. The molecule has 8 N–H and O–H groups in total. The van der Waals surface area contributed by atoms with Crippen LogP contribution in [0.2, 0.25) is 0 Å². The molecule has 0 saturated carbocycles. The van der Waals surface area contributed by atoms with Crippen molar-refractivity contribution in [2.45, 2.75) is 96.6 Å². The summed E-state index contributed by atoms with van der Waals surface area (Å²) in [7, 11) is 1.18. The lowest BCUT2D eigenvalue weighted by Crippen LogP contribution is -2.59. The summed E-state index contributed by atoms with van der Waals surface area (Å²) in [6, 6.07) is 12.5. The zero-order valence-corrected chi connectivity index (χ0v) is 33.2. The number of nitrogens with one attached hydrogen (secondary N) is 6. The molecular weight excluding hydrogens is 740 g/mol. The van der Waals surface area contributed by atoms with Gasteiger partial charge in [0.2, 0.25) is 23.6 Å². The van der Waals surface area contributed by atoms with Gasteiger partial charge in [-0.25, -0.2) is 9.59 Å². The Morgan fingerprint density at radius 1 is 0.667 bits per heavy atom. The number of benzene rings is 2. The number of alkyl carbamates (subject to hydrolysis) is 1. The quantitative estimate of drug-likeness (QED) is 0.0521. The minimum Gasteiger partial charge on any atom is -0.481 e. The standard InChI is InChI=1S/C40H58N6O11/c1-25(2)32(39(54)56-5)46-37(51)33(41-21-15-7-6-10-16-28-17-11-8-12-18-28)30(38(52)53)22-42-34(48)26(3)43-35(49)27(4)44-36(50)31(23-47)45-40(55)57-24-29-19-13-9-14-20-29/h8-9,11-14,17-20,25-27,30-33,41,47H,6-7,10,15-16,21-24H2,1-5H3,(H,42,48)(H,43,49)(H,44,50)(H,45,55)(H,46,51)(H,52,53)/t26-,27-,30?,31+,32-,33-/m0/s1. The fourth-order valence-electron chi connectivity index (χ4n) is 5.59. The first kappa shape index (κ1) is 47.6. The molecule has 2 aromatic carbocycles. The van der Waals surface area contributed by atoms with E-state index >= 15 is 0 Å². The molecule has 17 nitrogen and oxygen atoms in total. The van der Waals surface area contributed by atoms with Crippen LogP contribution < -0.4 is 31.9 Å². The van der Waals surface area contributed by atoms with E-state index in [0.717, 1.165) is 25.7 Å². The Kier molecular flexibility index (Phi) is 21.4. The Hall–Kier alpha value is -5.55. The maximum absolute atomic E-state index is 13.6. The molecule has 2 rings (SSSR count). The van der Waals surface area contributed by atoms with Crippen molar-refractivity contribution in [2.75, 3.05) is 26.8 Å². The third-order valence-electron chi connectivity index (χ3n) is 9.03. The predicted octanol–water partition coefficient (Wildman–Crippen LogP) is 1.18. The van der Waals surface area contributed by atoms with E-state index < -0.39 is 90.9 Å². The van der Waals surface area contributed by atoms with Crippen molar-refractivity contribution in [2.24, 2.45) is 11.8 Å². The van der Waals surface area contributed by atoms with E-state index in [-0.39, 0.29) is 19.1 Å². The highest BCUT2D eigenvalue weighted by molar-refractivity contribution is 5.94. The third-order valence-corrected chi connectivity index (χ3v) is 9.03. The summed E-state index contributed by atoms with van der Waals surface area (Å²) in [5.74, 6) is -7.20. The highest BCUT2D eigenvalue weighted by atomic mass is 16.5. The molecular formula is C40H58N6O11.